The molecule has 2 atom stereocenters. The third-order valence-corrected chi connectivity index (χ3v) is 9.95. The number of hydrogen-bond acceptors (Lipinski definition) is 3. The van der Waals surface area contributed by atoms with Gasteiger partial charge in [-0.25, -0.2) is 0 Å². The summed E-state index contributed by atoms with van der Waals surface area (Å²) in [5.41, 5.74) is 3.27. The van der Waals surface area contributed by atoms with E-state index in [9.17, 15) is 9.59 Å². The van der Waals surface area contributed by atoms with E-state index in [1.807, 2.05) is 26.0 Å². The van der Waals surface area contributed by atoms with E-state index in [4.69, 9.17) is 0 Å². The molecule has 0 spiro atoms. The Hall–Kier alpha value is -2.07. The van der Waals surface area contributed by atoms with Gasteiger partial charge in [0.25, 0.3) is 0 Å². The van der Waals surface area contributed by atoms with Crippen molar-refractivity contribution in [1.82, 2.24) is 5.32 Å². The van der Waals surface area contributed by atoms with Crippen LogP contribution in [-0.2, 0) is 4.79 Å². The lowest BCUT2D eigenvalue weighted by Gasteiger charge is -2.28. The molecule has 4 rings (SSSR count). The zero-order valence-electron chi connectivity index (χ0n) is 24.8. The van der Waals surface area contributed by atoms with Gasteiger partial charge in [-0.1, -0.05) is 120 Å². The molecule has 2 fully saturated rings. The van der Waals surface area contributed by atoms with Gasteiger partial charge in [0.2, 0.25) is 5.91 Å². The van der Waals surface area contributed by atoms with Gasteiger partial charge in [0.1, 0.15) is 0 Å². The number of ketones is 1. The molecule has 2 saturated carbocycles. The minimum atomic E-state index is -0.407. The quantitative estimate of drug-likeness (QED) is 0.296. The van der Waals surface area contributed by atoms with E-state index in [0.717, 1.165) is 18.0 Å². The van der Waals surface area contributed by atoms with Crippen molar-refractivity contribution in [2.24, 2.45) is 11.8 Å². The summed E-state index contributed by atoms with van der Waals surface area (Å²) in [7, 11) is 0. The van der Waals surface area contributed by atoms with Gasteiger partial charge in [0, 0.05) is 23.8 Å². The van der Waals surface area contributed by atoms with Crippen LogP contribution < -0.4 is 5.32 Å². The lowest BCUT2D eigenvalue weighted by Crippen LogP contribution is -2.38. The molecule has 3 aliphatic rings. The van der Waals surface area contributed by atoms with E-state index in [1.165, 1.54) is 75.3 Å². The highest BCUT2D eigenvalue weighted by molar-refractivity contribution is 8.01. The molecule has 3 nitrogen and oxygen atoms in total. The zero-order chi connectivity index (χ0) is 28.0. The Morgan fingerprint density at radius 3 is 2.26 bits per heavy atom. The first-order chi connectivity index (χ1) is 19.0. The lowest BCUT2D eigenvalue weighted by atomic mass is 9.81. The number of rotatable bonds is 10. The van der Waals surface area contributed by atoms with Gasteiger partial charge in [0.15, 0.2) is 5.78 Å². The standard InChI is InChI=1S/C33H45NO2S.C2H6/c1-3-25-13-15-26(16-14-25)23-34-33(36)32(37-30-11-7-8-24(2)12-21-30)22-31(35)29-19-17-28(18-20-29)27-9-5-4-6-10-27;1-2/h7-8,11-12,17-21,25-27,30,32H,3-6,9-10,13-16,22-23H2,1-2H3,(H,34,36);1-2H3. The second-order valence-electron chi connectivity index (χ2n) is 11.4. The van der Waals surface area contributed by atoms with Crippen LogP contribution in [0.1, 0.15) is 120 Å². The molecule has 3 aliphatic carbocycles. The number of carbonyl (C=O) groups excluding carboxylic acids is 2. The summed E-state index contributed by atoms with van der Waals surface area (Å²) in [5, 5.41) is 2.90. The van der Waals surface area contributed by atoms with E-state index >= 15 is 0 Å². The minimum Gasteiger partial charge on any atom is -0.355 e. The maximum absolute atomic E-state index is 13.4. The van der Waals surface area contributed by atoms with Crippen LogP contribution in [0.2, 0.25) is 0 Å². The fourth-order valence-corrected chi connectivity index (χ4v) is 7.22. The van der Waals surface area contributed by atoms with E-state index in [0.29, 0.717) is 11.8 Å². The van der Waals surface area contributed by atoms with Crippen molar-refractivity contribution in [3.05, 3.63) is 71.3 Å². The predicted molar refractivity (Wildman–Crippen MR) is 169 cm³/mol. The molecule has 1 aromatic rings. The molecule has 39 heavy (non-hydrogen) atoms. The highest BCUT2D eigenvalue weighted by atomic mass is 32.2. The maximum atomic E-state index is 13.4. The van der Waals surface area contributed by atoms with Crippen molar-refractivity contribution < 1.29 is 9.59 Å². The van der Waals surface area contributed by atoms with Gasteiger partial charge in [0.05, 0.1) is 5.25 Å². The molecule has 0 aromatic heterocycles. The third kappa shape index (κ3) is 10.1. The van der Waals surface area contributed by atoms with Crippen LogP contribution in [0.15, 0.2) is 60.2 Å². The van der Waals surface area contributed by atoms with E-state index in [2.05, 4.69) is 61.7 Å². The van der Waals surface area contributed by atoms with Gasteiger partial charge >= 0.3 is 0 Å². The smallest absolute Gasteiger partial charge is 0.233 e. The summed E-state index contributed by atoms with van der Waals surface area (Å²) in [5.74, 6) is 2.10. The highest BCUT2D eigenvalue weighted by Gasteiger charge is 2.27. The molecule has 1 N–H and O–H groups in total. The molecule has 0 aliphatic heterocycles. The fraction of sp³-hybridized carbons (Fsp3) is 0.600. The third-order valence-electron chi connectivity index (χ3n) is 8.61. The Bertz CT molecular complexity index is 978. The average molecular weight is 550 g/mol. The summed E-state index contributed by atoms with van der Waals surface area (Å²) in [6.07, 6.45) is 23.4. The van der Waals surface area contributed by atoms with Crippen molar-refractivity contribution in [1.29, 1.82) is 0 Å². The SMILES string of the molecule is CC.CCC1CCC(CNC(=O)C(CC(=O)c2ccc(C3CCCCC3)cc2)SC2C=CC=C(C)C=C2)CC1. The first-order valence-corrected chi connectivity index (χ1v) is 16.6. The molecule has 1 amide bonds. The van der Waals surface area contributed by atoms with Gasteiger partial charge in [-0.05, 0) is 55.9 Å². The molecule has 0 radical (unpaired) electrons. The molecule has 1 aromatic carbocycles. The molecular weight excluding hydrogens is 498 g/mol. The number of benzene rings is 1. The molecule has 214 valence electrons. The van der Waals surface area contributed by atoms with Crippen molar-refractivity contribution in [2.45, 2.75) is 115 Å². The van der Waals surface area contributed by atoms with Crippen LogP contribution in [0.25, 0.3) is 0 Å². The van der Waals surface area contributed by atoms with Crippen LogP contribution in [-0.4, -0.2) is 28.7 Å². The zero-order valence-corrected chi connectivity index (χ0v) is 25.6. The monoisotopic (exact) mass is 549 g/mol. The Balaban J connectivity index is 0.00000205. The van der Waals surface area contributed by atoms with E-state index < -0.39 is 5.25 Å². The second-order valence-corrected chi connectivity index (χ2v) is 12.8. The Morgan fingerprint density at radius 1 is 0.923 bits per heavy atom. The molecule has 0 bridgehead atoms. The predicted octanol–water partition coefficient (Wildman–Crippen LogP) is 9.21. The number of nitrogens with one attached hydrogen (secondary N) is 1. The van der Waals surface area contributed by atoms with E-state index in [-0.39, 0.29) is 23.4 Å². The number of allylic oxidation sites excluding steroid dienone is 4. The van der Waals surface area contributed by atoms with E-state index in [1.54, 1.807) is 11.8 Å². The number of hydrogen-bond donors (Lipinski definition) is 1. The van der Waals surface area contributed by atoms with Crippen LogP contribution in [0.4, 0.5) is 0 Å². The maximum Gasteiger partial charge on any atom is 0.233 e. The number of carbonyl (C=O) groups is 2. The fourth-order valence-electron chi connectivity index (χ4n) is 6.03. The number of Topliss-reactive ketones (excluding diaryl/α,β-unsaturated/α-hetero) is 1. The second kappa shape index (κ2) is 16.9. The largest absolute Gasteiger partial charge is 0.355 e. The average Bonchev–Trinajstić information content (AvgIpc) is 3.20. The summed E-state index contributed by atoms with van der Waals surface area (Å²) < 4.78 is 0. The van der Waals surface area contributed by atoms with Crippen LogP contribution in [0.5, 0.6) is 0 Å². The van der Waals surface area contributed by atoms with Gasteiger partial charge in [-0.3, -0.25) is 9.59 Å². The molecule has 4 heteroatoms. The van der Waals surface area contributed by atoms with Crippen LogP contribution in [0.3, 0.4) is 0 Å². The Morgan fingerprint density at radius 2 is 1.59 bits per heavy atom. The Kier molecular flexibility index (Phi) is 13.6. The number of amides is 1. The Labute approximate surface area is 242 Å². The van der Waals surface area contributed by atoms with Crippen molar-refractivity contribution in [3.8, 4) is 0 Å². The molecule has 2 unspecified atom stereocenters. The molecule has 0 heterocycles. The van der Waals surface area contributed by atoms with Gasteiger partial charge < -0.3 is 5.32 Å². The normalized spacial score (nSPS) is 24.1. The van der Waals surface area contributed by atoms with Crippen molar-refractivity contribution in [3.63, 3.8) is 0 Å². The minimum absolute atomic E-state index is 0.00511. The topological polar surface area (TPSA) is 46.2 Å². The summed E-state index contributed by atoms with van der Waals surface area (Å²) in [4.78, 5) is 26.8. The summed E-state index contributed by atoms with van der Waals surface area (Å²) in [6, 6.07) is 8.25. The number of thioether (sulfide) groups is 1. The lowest BCUT2D eigenvalue weighted by molar-refractivity contribution is -0.120. The van der Waals surface area contributed by atoms with Gasteiger partial charge in [-0.2, -0.15) is 0 Å². The molecule has 0 saturated heterocycles. The first kappa shape index (κ1) is 31.5. The van der Waals surface area contributed by atoms with Crippen LogP contribution >= 0.6 is 11.8 Å². The summed E-state index contributed by atoms with van der Waals surface area (Å²) in [6.45, 7) is 9.09. The summed E-state index contributed by atoms with van der Waals surface area (Å²) >= 11 is 1.59. The first-order valence-electron chi connectivity index (χ1n) is 15.6. The van der Waals surface area contributed by atoms with Crippen molar-refractivity contribution >= 4 is 23.5 Å². The highest BCUT2D eigenvalue weighted by Crippen LogP contribution is 2.33. The van der Waals surface area contributed by atoms with Gasteiger partial charge in [-0.15, -0.1) is 11.8 Å². The van der Waals surface area contributed by atoms with Crippen molar-refractivity contribution in [2.75, 3.05) is 6.54 Å². The molecular formula is C35H51NO2S. The van der Waals surface area contributed by atoms with Crippen LogP contribution in [0, 0.1) is 11.8 Å².